The van der Waals surface area contributed by atoms with Crippen LogP contribution in [0.5, 0.6) is 5.88 Å². The predicted molar refractivity (Wildman–Crippen MR) is 77.8 cm³/mol. The number of halogens is 4. The lowest BCUT2D eigenvalue weighted by Crippen LogP contribution is -2.47. The van der Waals surface area contributed by atoms with Crippen molar-refractivity contribution in [3.05, 3.63) is 21.8 Å². The van der Waals surface area contributed by atoms with Gasteiger partial charge >= 0.3 is 12.1 Å². The highest BCUT2D eigenvalue weighted by Gasteiger charge is 2.45. The number of fused-ring (bicyclic) bond motifs is 1. The van der Waals surface area contributed by atoms with Crippen LogP contribution in [0.2, 0.25) is 0 Å². The number of pyridine rings is 1. The molecule has 4 nitrogen and oxygen atoms in total. The van der Waals surface area contributed by atoms with Crippen LogP contribution in [0.15, 0.2) is 10.5 Å². The van der Waals surface area contributed by atoms with Crippen molar-refractivity contribution in [2.75, 3.05) is 13.7 Å². The molecule has 0 fully saturated rings. The lowest BCUT2D eigenvalue weighted by atomic mass is 9.99. The van der Waals surface area contributed by atoms with Crippen LogP contribution in [0.4, 0.5) is 13.2 Å². The maximum Gasteiger partial charge on any atom is 0.471 e. The summed E-state index contributed by atoms with van der Waals surface area (Å²) in [7, 11) is 1.47. The smallest absolute Gasteiger partial charge is 0.471 e. The van der Waals surface area contributed by atoms with Gasteiger partial charge in [-0.05, 0) is 34.5 Å². The maximum atomic E-state index is 12.7. The first-order valence-electron chi connectivity index (χ1n) is 6.76. The number of rotatable bonds is 1. The number of methoxy groups -OCH3 is 1. The molecule has 1 aromatic rings. The molecule has 0 saturated carbocycles. The van der Waals surface area contributed by atoms with Crippen molar-refractivity contribution in [1.82, 2.24) is 9.88 Å². The molecule has 1 aromatic heterocycles. The molecule has 0 N–H and O–H groups in total. The molecule has 0 radical (unpaired) electrons. The van der Waals surface area contributed by atoms with Gasteiger partial charge in [0.05, 0.1) is 17.3 Å². The Bertz CT molecular complexity index is 592. The number of hydrogen-bond acceptors (Lipinski definition) is 3. The Morgan fingerprint density at radius 1 is 1.45 bits per heavy atom. The fourth-order valence-corrected chi connectivity index (χ4v) is 3.16. The normalized spacial score (nSPS) is 22.0. The first kappa shape index (κ1) is 17.1. The minimum Gasteiger partial charge on any atom is -0.480 e. The quantitative estimate of drug-likeness (QED) is 0.750. The third kappa shape index (κ3) is 3.21. The van der Waals surface area contributed by atoms with Crippen LogP contribution >= 0.6 is 15.9 Å². The van der Waals surface area contributed by atoms with Crippen LogP contribution in [0.25, 0.3) is 0 Å². The molecule has 2 rings (SSSR count). The minimum atomic E-state index is -4.86. The van der Waals surface area contributed by atoms with E-state index in [2.05, 4.69) is 20.9 Å². The van der Waals surface area contributed by atoms with E-state index in [9.17, 15) is 18.0 Å². The fourth-order valence-electron chi connectivity index (χ4n) is 2.66. The number of hydrogen-bond donors (Lipinski definition) is 0. The van der Waals surface area contributed by atoms with Gasteiger partial charge in [0.15, 0.2) is 0 Å². The fraction of sp³-hybridized carbons (Fsp3) is 0.571. The molecule has 2 unspecified atom stereocenters. The van der Waals surface area contributed by atoms with Crippen molar-refractivity contribution in [2.45, 2.75) is 38.4 Å². The molecule has 0 aromatic carbocycles. The number of nitrogens with zero attached hydrogens (tertiary/aromatic N) is 2. The highest BCUT2D eigenvalue weighted by molar-refractivity contribution is 9.10. The van der Waals surface area contributed by atoms with E-state index >= 15 is 0 Å². The molecule has 1 amide bonds. The van der Waals surface area contributed by atoms with E-state index < -0.39 is 18.1 Å². The number of carbonyl (C=O) groups is 1. The van der Waals surface area contributed by atoms with E-state index in [0.717, 1.165) is 10.5 Å². The lowest BCUT2D eigenvalue weighted by Gasteiger charge is -2.29. The van der Waals surface area contributed by atoms with Gasteiger partial charge in [0.2, 0.25) is 5.88 Å². The van der Waals surface area contributed by atoms with Crippen LogP contribution < -0.4 is 4.74 Å². The zero-order valence-electron chi connectivity index (χ0n) is 12.4. The second-order valence-corrected chi connectivity index (χ2v) is 6.28. The topological polar surface area (TPSA) is 42.4 Å². The third-order valence-corrected chi connectivity index (χ3v) is 4.34. The van der Waals surface area contributed by atoms with Gasteiger partial charge in [0, 0.05) is 24.9 Å². The summed E-state index contributed by atoms with van der Waals surface area (Å²) >= 11 is 3.33. The van der Waals surface area contributed by atoms with Gasteiger partial charge in [-0.2, -0.15) is 13.2 Å². The molecule has 2 atom stereocenters. The summed E-state index contributed by atoms with van der Waals surface area (Å²) in [6, 6.07) is 1.22. The van der Waals surface area contributed by atoms with Crippen molar-refractivity contribution < 1.29 is 22.7 Å². The van der Waals surface area contributed by atoms with Crippen LogP contribution in [-0.4, -0.2) is 41.7 Å². The van der Waals surface area contributed by atoms with Gasteiger partial charge < -0.3 is 9.64 Å². The molecule has 2 heterocycles. The summed E-state index contributed by atoms with van der Waals surface area (Å²) in [5.41, 5.74) is 1.49. The summed E-state index contributed by atoms with van der Waals surface area (Å²) in [6.07, 6.45) is -4.61. The van der Waals surface area contributed by atoms with Crippen molar-refractivity contribution in [3.8, 4) is 5.88 Å². The highest BCUT2D eigenvalue weighted by Crippen LogP contribution is 2.34. The van der Waals surface area contributed by atoms with E-state index in [1.54, 1.807) is 19.9 Å². The third-order valence-electron chi connectivity index (χ3n) is 3.78. The van der Waals surface area contributed by atoms with Gasteiger partial charge in [-0.1, -0.05) is 6.92 Å². The van der Waals surface area contributed by atoms with Crippen molar-refractivity contribution in [3.63, 3.8) is 0 Å². The Hall–Kier alpha value is -1.31. The molecule has 1 aliphatic rings. The maximum absolute atomic E-state index is 12.7. The number of ether oxygens (including phenoxy) is 1. The Morgan fingerprint density at radius 3 is 2.64 bits per heavy atom. The monoisotopic (exact) mass is 380 g/mol. The SMILES string of the molecule is COc1nc2c(cc1Br)C(C)CN(C(=O)C(F)(F)F)C(C)C2. The van der Waals surface area contributed by atoms with Gasteiger partial charge in [-0.15, -0.1) is 0 Å². The molecule has 122 valence electrons. The van der Waals surface area contributed by atoms with E-state index in [0.29, 0.717) is 16.0 Å². The minimum absolute atomic E-state index is 0.00690. The summed E-state index contributed by atoms with van der Waals surface area (Å²) in [5, 5.41) is 0. The van der Waals surface area contributed by atoms with E-state index in [1.807, 2.05) is 0 Å². The molecule has 8 heteroatoms. The molecule has 0 aliphatic carbocycles. The van der Waals surface area contributed by atoms with Gasteiger partial charge in [0.1, 0.15) is 0 Å². The van der Waals surface area contributed by atoms with E-state index in [4.69, 9.17) is 4.74 Å². The molecule has 0 bridgehead atoms. The average molecular weight is 381 g/mol. The van der Waals surface area contributed by atoms with Crippen LogP contribution in [0.1, 0.15) is 31.0 Å². The summed E-state index contributed by atoms with van der Waals surface area (Å²) < 4.78 is 44.0. The summed E-state index contributed by atoms with van der Waals surface area (Å²) in [6.45, 7) is 3.39. The molecular formula is C14H16BrF3N2O2. The first-order chi connectivity index (χ1) is 10.1. The van der Waals surface area contributed by atoms with Gasteiger partial charge in [-0.25, -0.2) is 4.98 Å². The van der Waals surface area contributed by atoms with Crippen LogP contribution in [0, 0.1) is 0 Å². The first-order valence-corrected chi connectivity index (χ1v) is 7.55. The lowest BCUT2D eigenvalue weighted by molar-refractivity contribution is -0.187. The van der Waals surface area contributed by atoms with Gasteiger partial charge in [0.25, 0.3) is 0 Å². The number of amides is 1. The zero-order chi connectivity index (χ0) is 16.7. The van der Waals surface area contributed by atoms with Gasteiger partial charge in [-0.3, -0.25) is 4.79 Å². The average Bonchev–Trinajstić information content (AvgIpc) is 2.54. The van der Waals surface area contributed by atoms with Crippen molar-refractivity contribution >= 4 is 21.8 Å². The summed E-state index contributed by atoms with van der Waals surface area (Å²) in [4.78, 5) is 16.9. The van der Waals surface area contributed by atoms with E-state index in [1.165, 1.54) is 7.11 Å². The Balaban J connectivity index is 2.40. The summed E-state index contributed by atoms with van der Waals surface area (Å²) in [5.74, 6) is -1.67. The van der Waals surface area contributed by atoms with Crippen LogP contribution in [0.3, 0.4) is 0 Å². The molecule has 22 heavy (non-hydrogen) atoms. The van der Waals surface area contributed by atoms with Crippen LogP contribution in [-0.2, 0) is 11.2 Å². The molecule has 0 saturated heterocycles. The van der Waals surface area contributed by atoms with Crippen molar-refractivity contribution in [2.24, 2.45) is 0 Å². The predicted octanol–water partition coefficient (Wildman–Crippen LogP) is 3.29. The largest absolute Gasteiger partial charge is 0.480 e. The second-order valence-electron chi connectivity index (χ2n) is 5.42. The number of alkyl halides is 3. The standard InChI is InChI=1S/C14H16BrF3N2O2/c1-7-6-20(13(21)14(16,17)18)8(2)4-11-9(7)5-10(15)12(19-11)22-3/h5,7-8H,4,6H2,1-3H3. The Kier molecular flexibility index (Phi) is 4.70. The second kappa shape index (κ2) is 6.06. The Morgan fingerprint density at radius 2 is 2.09 bits per heavy atom. The molecule has 0 spiro atoms. The zero-order valence-corrected chi connectivity index (χ0v) is 14.0. The number of carbonyl (C=O) groups excluding carboxylic acids is 1. The highest BCUT2D eigenvalue weighted by atomic mass is 79.9. The number of aromatic nitrogens is 1. The molecular weight excluding hydrogens is 365 g/mol. The molecule has 1 aliphatic heterocycles. The Labute approximate surface area is 134 Å². The van der Waals surface area contributed by atoms with E-state index in [-0.39, 0.29) is 18.9 Å². The van der Waals surface area contributed by atoms with Crippen molar-refractivity contribution in [1.29, 1.82) is 0 Å².